The summed E-state index contributed by atoms with van der Waals surface area (Å²) in [7, 11) is 4.15. The van der Waals surface area contributed by atoms with Gasteiger partial charge in [-0.3, -0.25) is 0 Å². The van der Waals surface area contributed by atoms with E-state index < -0.39 is 27.9 Å². The fourth-order valence-corrected chi connectivity index (χ4v) is 1.55. The number of likely N-dealkylation sites (N-methyl/N-ethyl adjacent to an activating group) is 1. The van der Waals surface area contributed by atoms with Crippen molar-refractivity contribution in [2.75, 3.05) is 21.1 Å². The average molecular weight is 260 g/mol. The zero-order valence-corrected chi connectivity index (χ0v) is 10.8. The van der Waals surface area contributed by atoms with Gasteiger partial charge in [-0.25, -0.2) is 14.4 Å². The fraction of sp³-hybridized carbons (Fsp3) is 0.545. The molecule has 0 bridgehead atoms. The molecule has 0 aliphatic rings. The van der Waals surface area contributed by atoms with Crippen LogP contribution in [0.15, 0.2) is 11.6 Å². The molecule has 0 radical (unpaired) electrons. The molecule has 7 heteroatoms. The molecule has 0 aromatic rings. The Labute approximate surface area is 105 Å². The molecule has 0 saturated carbocycles. The Hall–Kier alpha value is -1.89. The molecule has 7 nitrogen and oxygen atoms in total. The molecule has 0 rings (SSSR count). The molecule has 0 atom stereocenters. The summed E-state index contributed by atoms with van der Waals surface area (Å²) in [5, 5.41) is 27.3. The maximum atomic E-state index is 11.3. The lowest BCUT2D eigenvalue weighted by molar-refractivity contribution is -0.897. The largest absolute Gasteiger partial charge is 0.478 e. The molecular formula is C11H18NO6+. The van der Waals surface area contributed by atoms with Crippen LogP contribution in [-0.2, 0) is 14.4 Å². The summed E-state index contributed by atoms with van der Waals surface area (Å²) in [6.07, 6.45) is 0.845. The molecule has 0 aliphatic heterocycles. The molecule has 0 heterocycles. The summed E-state index contributed by atoms with van der Waals surface area (Å²) < 4.78 is -0.464. The van der Waals surface area contributed by atoms with Crippen LogP contribution in [-0.4, -0.2) is 64.4 Å². The highest BCUT2D eigenvalue weighted by Gasteiger charge is 2.57. The third-order valence-electron chi connectivity index (χ3n) is 2.75. The molecule has 0 aromatic heterocycles. The van der Waals surface area contributed by atoms with Crippen LogP contribution < -0.4 is 0 Å². The molecule has 0 fully saturated rings. The van der Waals surface area contributed by atoms with Crippen LogP contribution in [0.3, 0.4) is 0 Å². The van der Waals surface area contributed by atoms with Crippen molar-refractivity contribution >= 4 is 17.9 Å². The number of nitrogens with zero attached hydrogens (tertiary/aromatic N) is 1. The number of carboxylic acids is 3. The van der Waals surface area contributed by atoms with Gasteiger partial charge in [0.1, 0.15) is 0 Å². The molecule has 0 spiro atoms. The summed E-state index contributed by atoms with van der Waals surface area (Å²) in [6, 6.07) is 0. The summed E-state index contributed by atoms with van der Waals surface area (Å²) in [5.74, 6) is -4.53. The van der Waals surface area contributed by atoms with Gasteiger partial charge in [0.05, 0.1) is 21.1 Å². The monoisotopic (exact) mass is 260 g/mol. The van der Waals surface area contributed by atoms with Gasteiger partial charge in [0, 0.05) is 11.6 Å². The van der Waals surface area contributed by atoms with Crippen molar-refractivity contribution in [1.82, 2.24) is 0 Å². The fourth-order valence-electron chi connectivity index (χ4n) is 1.55. The highest BCUT2D eigenvalue weighted by atomic mass is 16.4. The number of aliphatic carboxylic acids is 3. The molecule has 0 unspecified atom stereocenters. The van der Waals surface area contributed by atoms with Crippen molar-refractivity contribution in [3.63, 3.8) is 0 Å². The van der Waals surface area contributed by atoms with Crippen molar-refractivity contribution in [3.8, 4) is 0 Å². The predicted octanol–water partition coefficient (Wildman–Crippen LogP) is 0.0216. The minimum absolute atomic E-state index is 0.0393. The van der Waals surface area contributed by atoms with Crippen LogP contribution in [0, 0.1) is 0 Å². The van der Waals surface area contributed by atoms with E-state index in [4.69, 9.17) is 5.11 Å². The van der Waals surface area contributed by atoms with E-state index in [0.29, 0.717) is 0 Å². The number of quaternary nitrogens is 1. The van der Waals surface area contributed by atoms with Crippen molar-refractivity contribution < 1.29 is 34.2 Å². The van der Waals surface area contributed by atoms with E-state index in [-0.39, 0.29) is 12.0 Å². The first-order valence-electron chi connectivity index (χ1n) is 5.24. The maximum Gasteiger partial charge on any atom is 0.382 e. The molecule has 0 aliphatic carbocycles. The topological polar surface area (TPSA) is 112 Å². The third kappa shape index (κ3) is 2.67. The van der Waals surface area contributed by atoms with E-state index in [1.165, 1.54) is 28.1 Å². The number of rotatable bonds is 6. The molecule has 102 valence electrons. The maximum absolute atomic E-state index is 11.3. The van der Waals surface area contributed by atoms with Crippen molar-refractivity contribution in [2.24, 2.45) is 0 Å². The second kappa shape index (κ2) is 5.18. The van der Waals surface area contributed by atoms with Gasteiger partial charge in [0.2, 0.25) is 0 Å². The normalized spacial score (nSPS) is 13.2. The summed E-state index contributed by atoms with van der Waals surface area (Å²) in [6.45, 7) is 1.52. The SMILES string of the molecule is CCC(=CC(C(=O)O)(C(=O)O)[N+](C)(C)C)C(=O)O. The second-order valence-electron chi connectivity index (χ2n) is 4.72. The Balaban J connectivity index is 6.16. The predicted molar refractivity (Wildman–Crippen MR) is 62.0 cm³/mol. The van der Waals surface area contributed by atoms with Crippen molar-refractivity contribution in [1.29, 1.82) is 0 Å². The Morgan fingerprint density at radius 2 is 1.44 bits per heavy atom. The summed E-state index contributed by atoms with van der Waals surface area (Å²) >= 11 is 0. The number of hydrogen-bond acceptors (Lipinski definition) is 3. The molecule has 3 N–H and O–H groups in total. The first-order valence-corrected chi connectivity index (χ1v) is 5.24. The molecule has 0 aromatic carbocycles. The zero-order valence-electron chi connectivity index (χ0n) is 10.8. The first-order chi connectivity index (χ1) is 8.00. The zero-order chi connectivity index (χ0) is 14.7. The number of carboxylic acid groups (broad SMARTS) is 3. The van der Waals surface area contributed by atoms with Crippen LogP contribution in [0.25, 0.3) is 0 Å². The Bertz CT molecular complexity index is 390. The smallest absolute Gasteiger partial charge is 0.382 e. The van der Waals surface area contributed by atoms with E-state index in [0.717, 1.165) is 6.08 Å². The Kier molecular flexibility index (Phi) is 4.63. The minimum atomic E-state index is -2.33. The van der Waals surface area contributed by atoms with Crippen LogP contribution >= 0.6 is 0 Å². The molecule has 0 saturated heterocycles. The summed E-state index contributed by atoms with van der Waals surface area (Å²) in [5.41, 5.74) is -2.57. The van der Waals surface area contributed by atoms with Gasteiger partial charge >= 0.3 is 23.4 Å². The van der Waals surface area contributed by atoms with Gasteiger partial charge in [-0.1, -0.05) is 6.92 Å². The molecular weight excluding hydrogens is 242 g/mol. The average Bonchev–Trinajstić information content (AvgIpc) is 2.15. The Morgan fingerprint density at radius 1 is 1.06 bits per heavy atom. The van der Waals surface area contributed by atoms with Gasteiger partial charge < -0.3 is 19.8 Å². The van der Waals surface area contributed by atoms with Crippen LogP contribution in [0.4, 0.5) is 0 Å². The lowest BCUT2D eigenvalue weighted by atomic mass is 9.92. The van der Waals surface area contributed by atoms with Crippen LogP contribution in [0.1, 0.15) is 13.3 Å². The minimum Gasteiger partial charge on any atom is -0.478 e. The highest BCUT2D eigenvalue weighted by molar-refractivity contribution is 6.05. The van der Waals surface area contributed by atoms with Crippen molar-refractivity contribution in [3.05, 3.63) is 11.6 Å². The van der Waals surface area contributed by atoms with Crippen LogP contribution in [0.2, 0.25) is 0 Å². The van der Waals surface area contributed by atoms with E-state index in [9.17, 15) is 24.6 Å². The summed E-state index contributed by atoms with van der Waals surface area (Å²) in [4.78, 5) is 33.6. The lowest BCUT2D eigenvalue weighted by Crippen LogP contribution is -2.65. The van der Waals surface area contributed by atoms with E-state index in [1.54, 1.807) is 0 Å². The number of hydrogen-bond donors (Lipinski definition) is 3. The Morgan fingerprint density at radius 3 is 1.61 bits per heavy atom. The third-order valence-corrected chi connectivity index (χ3v) is 2.75. The lowest BCUT2D eigenvalue weighted by Gasteiger charge is -2.37. The molecule has 18 heavy (non-hydrogen) atoms. The number of carbonyl (C=O) groups is 3. The van der Waals surface area contributed by atoms with E-state index >= 15 is 0 Å². The van der Waals surface area contributed by atoms with Gasteiger partial charge in [0.15, 0.2) is 0 Å². The van der Waals surface area contributed by atoms with Gasteiger partial charge in [0.25, 0.3) is 0 Å². The van der Waals surface area contributed by atoms with Crippen LogP contribution in [0.5, 0.6) is 0 Å². The van der Waals surface area contributed by atoms with Crippen molar-refractivity contribution in [2.45, 2.75) is 18.9 Å². The van der Waals surface area contributed by atoms with E-state index in [1.807, 2.05) is 0 Å². The first kappa shape index (κ1) is 16.1. The van der Waals surface area contributed by atoms with Gasteiger partial charge in [-0.2, -0.15) is 0 Å². The van der Waals surface area contributed by atoms with E-state index in [2.05, 4.69) is 0 Å². The second-order valence-corrected chi connectivity index (χ2v) is 4.72. The molecule has 0 amide bonds. The van der Waals surface area contributed by atoms with Gasteiger partial charge in [-0.15, -0.1) is 0 Å². The highest BCUT2D eigenvalue weighted by Crippen LogP contribution is 2.24. The standard InChI is InChI=1S/C11H17NO6/c1-5-7(8(13)14)6-11(9(15)16,10(17)18)12(2,3)4/h6H,5H2,1-4H3,(H2-,13,14,15,16,17,18)/p+1. The van der Waals surface area contributed by atoms with Gasteiger partial charge in [-0.05, 0) is 6.42 Å². The quantitative estimate of drug-likeness (QED) is 0.352.